The number of hydrogen-bond acceptors (Lipinski definition) is 2. The van der Waals surface area contributed by atoms with Gasteiger partial charge < -0.3 is 4.90 Å². The predicted molar refractivity (Wildman–Crippen MR) is 79.1 cm³/mol. The number of carbonyl (C=O) groups is 1. The molecule has 3 aliphatic carbocycles. The summed E-state index contributed by atoms with van der Waals surface area (Å²) in [5.41, 5.74) is 0.261. The van der Waals surface area contributed by atoms with E-state index in [-0.39, 0.29) is 5.54 Å². The van der Waals surface area contributed by atoms with Gasteiger partial charge in [-0.25, -0.2) is 0 Å². The minimum Gasteiger partial charge on any atom is -0.325 e. The molecule has 1 heterocycles. The third-order valence-electron chi connectivity index (χ3n) is 6.39. The van der Waals surface area contributed by atoms with Crippen LogP contribution in [0.5, 0.6) is 0 Å². The van der Waals surface area contributed by atoms with E-state index in [0.29, 0.717) is 23.4 Å². The number of hydrogen-bond donors (Lipinski definition) is 1. The fourth-order valence-electron chi connectivity index (χ4n) is 4.76. The lowest BCUT2D eigenvalue weighted by molar-refractivity contribution is -0.134. The molecule has 3 heteroatoms. The second-order valence-electron chi connectivity index (χ2n) is 8.17. The van der Waals surface area contributed by atoms with Gasteiger partial charge >= 0.3 is 0 Å². The van der Waals surface area contributed by atoms with Crippen LogP contribution in [0.15, 0.2) is 0 Å². The van der Waals surface area contributed by atoms with E-state index in [9.17, 15) is 4.79 Å². The van der Waals surface area contributed by atoms with Crippen LogP contribution < -0.4 is 5.32 Å². The molecular weight excluding hydrogens is 248 g/mol. The molecule has 0 aromatic carbocycles. The van der Waals surface area contributed by atoms with Crippen molar-refractivity contribution in [2.24, 2.45) is 11.3 Å². The molecule has 0 aromatic heterocycles. The molecule has 20 heavy (non-hydrogen) atoms. The smallest absolute Gasteiger partial charge is 0.244 e. The van der Waals surface area contributed by atoms with Gasteiger partial charge in [-0.2, -0.15) is 0 Å². The Hall–Kier alpha value is -0.570. The number of carbonyl (C=O) groups excluding carboxylic acids is 1. The maximum atomic E-state index is 13.1. The van der Waals surface area contributed by atoms with Crippen molar-refractivity contribution in [2.45, 2.75) is 82.8 Å². The van der Waals surface area contributed by atoms with Gasteiger partial charge in [-0.3, -0.25) is 10.1 Å². The normalized spacial score (nSPS) is 35.4. The third-order valence-corrected chi connectivity index (χ3v) is 6.39. The first-order valence-electron chi connectivity index (χ1n) is 8.71. The van der Waals surface area contributed by atoms with Crippen molar-refractivity contribution in [1.29, 1.82) is 0 Å². The Morgan fingerprint density at radius 3 is 2.35 bits per heavy atom. The van der Waals surface area contributed by atoms with Gasteiger partial charge in [0.05, 0.1) is 11.7 Å². The maximum absolute atomic E-state index is 13.1. The van der Waals surface area contributed by atoms with Crippen molar-refractivity contribution < 1.29 is 4.79 Å². The second kappa shape index (κ2) is 4.46. The van der Waals surface area contributed by atoms with Crippen molar-refractivity contribution in [3.05, 3.63) is 0 Å². The number of nitrogens with one attached hydrogen (secondary N) is 1. The minimum atomic E-state index is -0.168. The molecule has 4 fully saturated rings. The van der Waals surface area contributed by atoms with E-state index in [4.69, 9.17) is 0 Å². The highest BCUT2D eigenvalue weighted by Gasteiger charge is 2.56. The third kappa shape index (κ3) is 2.01. The first kappa shape index (κ1) is 13.1. The minimum absolute atomic E-state index is 0.168. The maximum Gasteiger partial charge on any atom is 0.244 e. The van der Waals surface area contributed by atoms with Gasteiger partial charge in [-0.15, -0.1) is 0 Å². The van der Waals surface area contributed by atoms with Crippen molar-refractivity contribution in [3.8, 4) is 0 Å². The highest BCUT2D eigenvalue weighted by molar-refractivity contribution is 5.89. The molecule has 0 aromatic rings. The largest absolute Gasteiger partial charge is 0.325 e. The van der Waals surface area contributed by atoms with Gasteiger partial charge in [0, 0.05) is 6.54 Å². The molecule has 1 amide bonds. The van der Waals surface area contributed by atoms with E-state index in [0.717, 1.165) is 19.4 Å². The molecule has 4 rings (SSSR count). The van der Waals surface area contributed by atoms with E-state index in [2.05, 4.69) is 17.1 Å². The van der Waals surface area contributed by atoms with E-state index in [1.54, 1.807) is 0 Å². The van der Waals surface area contributed by atoms with Crippen LogP contribution in [0.1, 0.15) is 71.1 Å². The molecule has 1 unspecified atom stereocenters. The summed E-state index contributed by atoms with van der Waals surface area (Å²) in [6, 6.07) is 0. The van der Waals surface area contributed by atoms with Crippen LogP contribution >= 0.6 is 0 Å². The number of amides is 1. The zero-order valence-electron chi connectivity index (χ0n) is 12.8. The fraction of sp³-hybridized carbons (Fsp3) is 0.941. The summed E-state index contributed by atoms with van der Waals surface area (Å²) >= 11 is 0. The Balaban J connectivity index is 1.59. The predicted octanol–water partition coefficient (Wildman–Crippen LogP) is 3.05. The summed E-state index contributed by atoms with van der Waals surface area (Å²) in [5, 5.41) is 3.83. The lowest BCUT2D eigenvalue weighted by atomic mass is 9.97. The van der Waals surface area contributed by atoms with E-state index < -0.39 is 0 Å². The molecular formula is C17H28N2O. The van der Waals surface area contributed by atoms with Gasteiger partial charge in [0.1, 0.15) is 0 Å². The molecule has 112 valence electrons. The Morgan fingerprint density at radius 1 is 1.10 bits per heavy atom. The molecule has 1 N–H and O–H groups in total. The lowest BCUT2D eigenvalue weighted by Crippen LogP contribution is -2.46. The molecule has 0 radical (unpaired) electrons. The van der Waals surface area contributed by atoms with Crippen LogP contribution in [0.2, 0.25) is 0 Å². The van der Waals surface area contributed by atoms with Gasteiger partial charge in [-0.1, -0.05) is 32.6 Å². The topological polar surface area (TPSA) is 32.3 Å². The number of nitrogens with zero attached hydrogens (tertiary/aromatic N) is 1. The molecule has 1 aliphatic heterocycles. The van der Waals surface area contributed by atoms with Crippen LogP contribution in [-0.4, -0.2) is 29.1 Å². The Kier molecular flexibility index (Phi) is 2.93. The van der Waals surface area contributed by atoms with Crippen LogP contribution in [-0.2, 0) is 4.79 Å². The summed E-state index contributed by atoms with van der Waals surface area (Å²) in [5.74, 6) is 1.15. The summed E-state index contributed by atoms with van der Waals surface area (Å²) in [6.45, 7) is 3.35. The number of rotatable bonds is 3. The van der Waals surface area contributed by atoms with Crippen LogP contribution in [0.4, 0.5) is 0 Å². The highest BCUT2D eigenvalue weighted by atomic mass is 16.2. The van der Waals surface area contributed by atoms with Crippen molar-refractivity contribution in [2.75, 3.05) is 6.54 Å². The monoisotopic (exact) mass is 276 g/mol. The van der Waals surface area contributed by atoms with Gasteiger partial charge in [-0.05, 0) is 49.9 Å². The molecule has 3 nitrogen and oxygen atoms in total. The quantitative estimate of drug-likeness (QED) is 0.859. The van der Waals surface area contributed by atoms with E-state index >= 15 is 0 Å². The van der Waals surface area contributed by atoms with Gasteiger partial charge in [0.25, 0.3) is 0 Å². The highest BCUT2D eigenvalue weighted by Crippen LogP contribution is 2.49. The fourth-order valence-corrected chi connectivity index (χ4v) is 4.76. The van der Waals surface area contributed by atoms with Crippen LogP contribution in [0.3, 0.4) is 0 Å². The standard InChI is InChI=1S/C17H28N2O/c1-16(10-11-16)12-19-14(13-6-2-3-7-13)18-17(15(19)20)8-4-5-9-17/h13-14,18H,2-12H2,1H3. The second-order valence-corrected chi connectivity index (χ2v) is 8.17. The van der Waals surface area contributed by atoms with Crippen molar-refractivity contribution >= 4 is 5.91 Å². The SMILES string of the molecule is CC1(CN2C(=O)C3(CCCC3)NC2C2CCCC2)CC1. The summed E-state index contributed by atoms with van der Waals surface area (Å²) in [6.07, 6.45) is 12.9. The Labute approximate surface area is 122 Å². The zero-order valence-corrected chi connectivity index (χ0v) is 12.8. The molecule has 3 saturated carbocycles. The summed E-state index contributed by atoms with van der Waals surface area (Å²) in [4.78, 5) is 15.3. The molecule has 1 atom stereocenters. The van der Waals surface area contributed by atoms with Crippen LogP contribution in [0, 0.1) is 11.3 Å². The first-order valence-corrected chi connectivity index (χ1v) is 8.71. The zero-order chi connectivity index (χ0) is 13.8. The Morgan fingerprint density at radius 2 is 1.75 bits per heavy atom. The van der Waals surface area contributed by atoms with E-state index in [1.165, 1.54) is 51.4 Å². The molecule has 0 bridgehead atoms. The molecule has 1 saturated heterocycles. The molecule has 1 spiro atoms. The van der Waals surface area contributed by atoms with Crippen LogP contribution in [0.25, 0.3) is 0 Å². The lowest BCUT2D eigenvalue weighted by Gasteiger charge is -2.31. The average Bonchev–Trinajstić information content (AvgIpc) is 2.91. The van der Waals surface area contributed by atoms with E-state index in [1.807, 2.05) is 0 Å². The molecule has 4 aliphatic rings. The summed E-state index contributed by atoms with van der Waals surface area (Å²) in [7, 11) is 0. The van der Waals surface area contributed by atoms with Crippen molar-refractivity contribution in [3.63, 3.8) is 0 Å². The average molecular weight is 276 g/mol. The van der Waals surface area contributed by atoms with Crippen molar-refractivity contribution in [1.82, 2.24) is 10.2 Å². The first-order chi connectivity index (χ1) is 9.62. The van der Waals surface area contributed by atoms with Gasteiger partial charge in [0.15, 0.2) is 0 Å². The van der Waals surface area contributed by atoms with Gasteiger partial charge in [0.2, 0.25) is 5.91 Å². The summed E-state index contributed by atoms with van der Waals surface area (Å²) < 4.78 is 0. The Bertz CT molecular complexity index is 403.